The normalized spacial score (nSPS) is 21.3. The van der Waals surface area contributed by atoms with Crippen molar-refractivity contribution in [3.8, 4) is 0 Å². The molecule has 47 heavy (non-hydrogen) atoms. The maximum Gasteiger partial charge on any atom is 0.289 e. The number of carbonyl (C=O) groups excluding carboxylic acids is 6. The quantitative estimate of drug-likeness (QED) is 0.174. The van der Waals surface area contributed by atoms with Gasteiger partial charge in [0.25, 0.3) is 11.8 Å². The van der Waals surface area contributed by atoms with Crippen LogP contribution in [0.1, 0.15) is 91.6 Å². The van der Waals surface area contributed by atoms with E-state index in [1.54, 1.807) is 20.8 Å². The van der Waals surface area contributed by atoms with Gasteiger partial charge in [0, 0.05) is 30.9 Å². The Morgan fingerprint density at radius 1 is 0.979 bits per heavy atom. The lowest BCUT2D eigenvalue weighted by atomic mass is 9.84. The molecule has 1 aliphatic carbocycles. The molecule has 13 nitrogen and oxygen atoms in total. The summed E-state index contributed by atoms with van der Waals surface area (Å²) in [5, 5.41) is 11.1. The third-order valence-corrected chi connectivity index (χ3v) is 8.90. The van der Waals surface area contributed by atoms with Crippen molar-refractivity contribution in [2.75, 3.05) is 6.54 Å². The first-order valence-electron chi connectivity index (χ1n) is 16.6. The Morgan fingerprint density at radius 2 is 1.68 bits per heavy atom. The molecule has 1 fully saturated rings. The lowest BCUT2D eigenvalue weighted by Gasteiger charge is -2.37. The summed E-state index contributed by atoms with van der Waals surface area (Å²) < 4.78 is 0. The van der Waals surface area contributed by atoms with E-state index in [2.05, 4.69) is 31.2 Å². The second-order valence-electron chi connectivity index (χ2n) is 14.0. The number of likely N-dealkylation sites (tertiary alicyclic amines) is 1. The molecule has 2 unspecified atom stereocenters. The second kappa shape index (κ2) is 16.1. The Morgan fingerprint density at radius 3 is 2.26 bits per heavy atom. The number of nitrogens with one attached hydrogen (secondary N) is 4. The number of hydrogen-bond acceptors (Lipinski definition) is 8. The fourth-order valence-corrected chi connectivity index (χ4v) is 6.00. The number of hydrogen-bond donors (Lipinski definition) is 4. The Hall–Kier alpha value is -4.16. The maximum atomic E-state index is 14.4. The molecule has 7 atom stereocenters. The number of nitrogens with zero attached hydrogens (tertiary/aromatic N) is 3. The molecule has 1 aliphatic heterocycles. The van der Waals surface area contributed by atoms with Crippen LogP contribution in [-0.4, -0.2) is 86.9 Å². The summed E-state index contributed by atoms with van der Waals surface area (Å²) in [7, 11) is 0. The minimum atomic E-state index is -1.04. The zero-order valence-electron chi connectivity index (χ0n) is 28.8. The van der Waals surface area contributed by atoms with Gasteiger partial charge in [0.05, 0.1) is 12.2 Å². The van der Waals surface area contributed by atoms with Crippen molar-refractivity contribution in [2.24, 2.45) is 23.2 Å². The summed E-state index contributed by atoms with van der Waals surface area (Å²) in [4.78, 5) is 90.1. The van der Waals surface area contributed by atoms with Crippen LogP contribution in [0, 0.1) is 23.2 Å². The fraction of sp³-hybridized carbons (Fsp3) is 0.647. The van der Waals surface area contributed by atoms with E-state index in [9.17, 15) is 28.8 Å². The zero-order chi connectivity index (χ0) is 35.1. The largest absolute Gasteiger partial charge is 0.347 e. The van der Waals surface area contributed by atoms with Gasteiger partial charge in [-0.05, 0) is 43.4 Å². The van der Waals surface area contributed by atoms with Gasteiger partial charge in [-0.2, -0.15) is 0 Å². The van der Waals surface area contributed by atoms with Crippen LogP contribution in [-0.2, 0) is 24.0 Å². The van der Waals surface area contributed by atoms with Crippen molar-refractivity contribution >= 4 is 35.3 Å². The van der Waals surface area contributed by atoms with Crippen molar-refractivity contribution in [1.82, 2.24) is 36.1 Å². The first kappa shape index (κ1) is 37.3. The van der Waals surface area contributed by atoms with Gasteiger partial charge in [0.15, 0.2) is 0 Å². The summed E-state index contributed by atoms with van der Waals surface area (Å²) in [6.45, 7) is 14.8. The average molecular weight is 654 g/mol. The van der Waals surface area contributed by atoms with E-state index < -0.39 is 64.9 Å². The van der Waals surface area contributed by atoms with Crippen LogP contribution in [0.3, 0.4) is 0 Å². The highest BCUT2D eigenvalue weighted by molar-refractivity contribution is 6.38. The predicted molar refractivity (Wildman–Crippen MR) is 175 cm³/mol. The lowest BCUT2D eigenvalue weighted by molar-refractivity contribution is -0.146. The third kappa shape index (κ3) is 9.23. The van der Waals surface area contributed by atoms with Crippen LogP contribution in [0.5, 0.6) is 0 Å². The van der Waals surface area contributed by atoms with Gasteiger partial charge in [-0.15, -0.1) is 0 Å². The second-order valence-corrected chi connectivity index (χ2v) is 14.0. The maximum absolute atomic E-state index is 14.4. The topological polar surface area (TPSA) is 180 Å². The Kier molecular flexibility index (Phi) is 12.8. The van der Waals surface area contributed by atoms with Crippen molar-refractivity contribution in [1.29, 1.82) is 0 Å². The molecule has 2 heterocycles. The number of Topliss-reactive ketones (excluding diaryl/α,β-unsaturated/α-hetero) is 1. The standard InChI is InChI=1S/C34H51N7O6/c1-9-12-23(27(42)32(46)37-20(5)10-2)38-31(45)26-22-14-11-13-21(22)18-41(26)33(47)28(34(6,7)8)40-30(44)25(19(3)4)39-29(43)24-17-35-15-16-36-24/h11,13,15-17,19-23,25-26,28H,9-10,12,14,18H2,1-8H3,(H,37,46)(H,38,45)(H,39,43)(H,40,44)/t20-,21-,22-,23?,25+,26?,28+/m0/s1. The first-order chi connectivity index (χ1) is 22.1. The van der Waals surface area contributed by atoms with Crippen LogP contribution < -0.4 is 21.3 Å². The average Bonchev–Trinajstić information content (AvgIpc) is 3.62. The van der Waals surface area contributed by atoms with E-state index in [0.717, 1.165) is 0 Å². The summed E-state index contributed by atoms with van der Waals surface area (Å²) in [6.07, 6.45) is 10.1. The number of amides is 5. The molecule has 2 aliphatic rings. The molecule has 13 heteroatoms. The van der Waals surface area contributed by atoms with E-state index >= 15 is 0 Å². The number of allylic oxidation sites excluding steroid dienone is 1. The number of rotatable bonds is 14. The first-order valence-corrected chi connectivity index (χ1v) is 16.6. The van der Waals surface area contributed by atoms with Crippen LogP contribution in [0.15, 0.2) is 30.7 Å². The van der Waals surface area contributed by atoms with Gasteiger partial charge < -0.3 is 26.2 Å². The smallest absolute Gasteiger partial charge is 0.289 e. The Labute approximate surface area is 277 Å². The number of carbonyl (C=O) groups is 6. The molecule has 0 saturated carbocycles. The molecule has 1 aromatic heterocycles. The van der Waals surface area contributed by atoms with E-state index in [1.165, 1.54) is 23.5 Å². The number of aromatic nitrogens is 2. The summed E-state index contributed by atoms with van der Waals surface area (Å²) >= 11 is 0. The van der Waals surface area contributed by atoms with Crippen LogP contribution in [0.25, 0.3) is 0 Å². The summed E-state index contributed by atoms with van der Waals surface area (Å²) in [5.41, 5.74) is -0.718. The predicted octanol–water partition coefficient (Wildman–Crippen LogP) is 1.93. The molecule has 0 bridgehead atoms. The third-order valence-electron chi connectivity index (χ3n) is 8.90. The van der Waals surface area contributed by atoms with E-state index in [4.69, 9.17) is 0 Å². The van der Waals surface area contributed by atoms with Crippen molar-refractivity contribution in [3.63, 3.8) is 0 Å². The molecule has 1 saturated heterocycles. The van der Waals surface area contributed by atoms with Gasteiger partial charge in [-0.25, -0.2) is 4.98 Å². The molecule has 1 aromatic rings. The van der Waals surface area contributed by atoms with Crippen LogP contribution in [0.4, 0.5) is 0 Å². The molecule has 258 valence electrons. The van der Waals surface area contributed by atoms with Gasteiger partial charge in [-0.3, -0.25) is 33.8 Å². The van der Waals surface area contributed by atoms with Gasteiger partial charge in [0.2, 0.25) is 23.5 Å². The summed E-state index contributed by atoms with van der Waals surface area (Å²) in [6, 6.07) is -4.17. The van der Waals surface area contributed by atoms with Crippen molar-refractivity contribution < 1.29 is 28.8 Å². The minimum absolute atomic E-state index is 0.0529. The van der Waals surface area contributed by atoms with Gasteiger partial charge in [-0.1, -0.05) is 67.0 Å². The zero-order valence-corrected chi connectivity index (χ0v) is 28.8. The van der Waals surface area contributed by atoms with Crippen molar-refractivity contribution in [3.05, 3.63) is 36.4 Å². The van der Waals surface area contributed by atoms with E-state index in [0.29, 0.717) is 19.3 Å². The van der Waals surface area contributed by atoms with Gasteiger partial charge >= 0.3 is 0 Å². The Balaban J connectivity index is 1.85. The fourth-order valence-electron chi connectivity index (χ4n) is 6.00. The molecule has 5 amide bonds. The van der Waals surface area contributed by atoms with Crippen molar-refractivity contribution in [2.45, 2.75) is 111 Å². The molecule has 0 spiro atoms. The molecule has 4 N–H and O–H groups in total. The number of fused-ring (bicyclic) bond motifs is 1. The van der Waals surface area contributed by atoms with Crippen LogP contribution >= 0.6 is 0 Å². The molecule has 0 aromatic carbocycles. The SMILES string of the molecule is CCCC(NC(=O)C1[C@H]2CC=C[C@H]2CN1C(=O)[C@@H](NC(=O)[C@H](NC(=O)c1cnccn1)C(C)C)C(C)(C)C)C(=O)C(=O)N[C@@H](C)CC. The summed E-state index contributed by atoms with van der Waals surface area (Å²) in [5.74, 6) is -4.16. The minimum Gasteiger partial charge on any atom is -0.347 e. The highest BCUT2D eigenvalue weighted by Crippen LogP contribution is 2.39. The molecular formula is C34H51N7O6. The Bertz CT molecular complexity index is 1340. The van der Waals surface area contributed by atoms with E-state index in [-0.39, 0.29) is 42.5 Å². The molecule has 0 radical (unpaired) electrons. The monoisotopic (exact) mass is 653 g/mol. The highest BCUT2D eigenvalue weighted by Gasteiger charge is 2.51. The van der Waals surface area contributed by atoms with Crippen LogP contribution in [0.2, 0.25) is 0 Å². The lowest BCUT2D eigenvalue weighted by Crippen LogP contribution is -2.62. The molecule has 3 rings (SSSR count). The highest BCUT2D eigenvalue weighted by atomic mass is 16.2. The van der Waals surface area contributed by atoms with E-state index in [1.807, 2.05) is 46.8 Å². The van der Waals surface area contributed by atoms with Gasteiger partial charge in [0.1, 0.15) is 23.8 Å². The number of ketones is 1. The molecular weight excluding hydrogens is 602 g/mol.